The molecule has 3 aromatic rings. The predicted octanol–water partition coefficient (Wildman–Crippen LogP) is 5.22. The molecule has 1 aromatic heterocycles. The van der Waals surface area contributed by atoms with Crippen LogP contribution in [0, 0.1) is 5.82 Å². The van der Waals surface area contributed by atoms with Crippen LogP contribution in [-0.4, -0.2) is 23.2 Å². The van der Waals surface area contributed by atoms with Crippen LogP contribution in [0.2, 0.25) is 0 Å². The van der Waals surface area contributed by atoms with Crippen molar-refractivity contribution in [2.75, 3.05) is 11.9 Å². The Hall–Kier alpha value is -2.33. The number of hydrogen-bond acceptors (Lipinski definition) is 2. The molecule has 0 radical (unpaired) electrons. The van der Waals surface area contributed by atoms with Crippen molar-refractivity contribution in [1.29, 1.82) is 0 Å². The highest BCUT2D eigenvalue weighted by molar-refractivity contribution is 5.94. The molecule has 3 heterocycles. The Morgan fingerprint density at radius 1 is 1.12 bits per heavy atom. The molecule has 0 bridgehead atoms. The number of aromatic nitrogens is 1. The lowest BCUT2D eigenvalue weighted by molar-refractivity contribution is 0.0352. The molecule has 3 nitrogen and oxygen atoms in total. The molecule has 0 spiro atoms. The van der Waals surface area contributed by atoms with Crippen LogP contribution < -0.4 is 5.32 Å². The van der Waals surface area contributed by atoms with Gasteiger partial charge in [-0.3, -0.25) is 0 Å². The molecule has 2 aliphatic heterocycles. The van der Waals surface area contributed by atoms with Crippen LogP contribution in [0.3, 0.4) is 0 Å². The lowest BCUT2D eigenvalue weighted by Gasteiger charge is -2.48. The van der Waals surface area contributed by atoms with Crippen LogP contribution in [0.15, 0.2) is 42.6 Å². The van der Waals surface area contributed by atoms with Crippen molar-refractivity contribution >= 4 is 16.6 Å². The number of para-hydroxylation sites is 1. The maximum Gasteiger partial charge on any atom is 0.133 e. The predicted molar refractivity (Wildman–Crippen MR) is 103 cm³/mol. The average molecular weight is 350 g/mol. The zero-order valence-corrected chi connectivity index (χ0v) is 15.3. The normalized spacial score (nSPS) is 26.4. The summed E-state index contributed by atoms with van der Waals surface area (Å²) in [5.41, 5.74) is 4.21. The third-order valence-corrected chi connectivity index (χ3v) is 6.20. The Bertz CT molecular complexity index is 1020. The molecule has 4 heteroatoms. The first kappa shape index (κ1) is 15.9. The van der Waals surface area contributed by atoms with Crippen molar-refractivity contribution in [1.82, 2.24) is 4.98 Å². The molecule has 1 saturated heterocycles. The van der Waals surface area contributed by atoms with Gasteiger partial charge in [0.25, 0.3) is 0 Å². The molecule has 5 rings (SSSR count). The van der Waals surface area contributed by atoms with E-state index in [1.54, 1.807) is 6.07 Å². The summed E-state index contributed by atoms with van der Waals surface area (Å²) in [5.74, 6) is -0.199. The second kappa shape index (κ2) is 5.10. The van der Waals surface area contributed by atoms with Crippen LogP contribution in [0.1, 0.15) is 32.8 Å². The van der Waals surface area contributed by atoms with Gasteiger partial charge in [-0.15, -0.1) is 0 Å². The minimum absolute atomic E-state index is 0.0714. The van der Waals surface area contributed by atoms with Crippen LogP contribution in [0.25, 0.3) is 22.0 Å². The molecule has 1 fully saturated rings. The van der Waals surface area contributed by atoms with Crippen molar-refractivity contribution in [3.8, 4) is 11.1 Å². The maximum atomic E-state index is 15.1. The van der Waals surface area contributed by atoms with Gasteiger partial charge in [0.2, 0.25) is 0 Å². The minimum Gasteiger partial charge on any atom is -0.377 e. The summed E-state index contributed by atoms with van der Waals surface area (Å²) < 4.78 is 21.2. The first-order valence-corrected chi connectivity index (χ1v) is 9.20. The Kier molecular flexibility index (Phi) is 3.12. The van der Waals surface area contributed by atoms with Gasteiger partial charge >= 0.3 is 0 Å². The fraction of sp³-hybridized carbons (Fsp3) is 0.364. The summed E-state index contributed by atoms with van der Waals surface area (Å²) in [5, 5.41) is 4.60. The van der Waals surface area contributed by atoms with Crippen LogP contribution in [0.4, 0.5) is 10.1 Å². The van der Waals surface area contributed by atoms with E-state index in [4.69, 9.17) is 4.74 Å². The standard InChI is InChI=1S/C22H23FN2O/c1-21(2)20-22(3,8-10-26-20)16-11-15(17(23)12-18(16)25-21)14-6-4-5-13-7-9-24-19(13)14/h4-7,9,11-12,20,24-25H,8,10H2,1-3H3. The van der Waals surface area contributed by atoms with Crippen molar-refractivity contribution in [3.05, 3.63) is 54.0 Å². The fourth-order valence-electron chi connectivity index (χ4n) is 5.06. The number of ether oxygens (including phenoxy) is 1. The van der Waals surface area contributed by atoms with Gasteiger partial charge in [-0.25, -0.2) is 4.39 Å². The summed E-state index contributed by atoms with van der Waals surface area (Å²) in [6.07, 6.45) is 2.92. The summed E-state index contributed by atoms with van der Waals surface area (Å²) in [6, 6.07) is 11.7. The van der Waals surface area contributed by atoms with E-state index in [-0.39, 0.29) is 22.9 Å². The average Bonchev–Trinajstić information content (AvgIpc) is 3.21. The van der Waals surface area contributed by atoms with Crippen LogP contribution in [-0.2, 0) is 10.2 Å². The molecule has 0 amide bonds. The molecule has 26 heavy (non-hydrogen) atoms. The third kappa shape index (κ3) is 2.02. The number of nitrogens with one attached hydrogen (secondary N) is 2. The van der Waals surface area contributed by atoms with Crippen LogP contribution >= 0.6 is 0 Å². The molecular formula is C22H23FN2O. The van der Waals surface area contributed by atoms with Gasteiger partial charge in [-0.2, -0.15) is 0 Å². The highest BCUT2D eigenvalue weighted by atomic mass is 19.1. The summed E-state index contributed by atoms with van der Waals surface area (Å²) in [7, 11) is 0. The SMILES string of the molecule is CC1(C)Nc2cc(F)c(-c3cccc4cc[nH]c34)cc2C2(C)CCOC12. The maximum absolute atomic E-state index is 15.1. The lowest BCUT2D eigenvalue weighted by atomic mass is 9.66. The number of fused-ring (bicyclic) bond motifs is 4. The smallest absolute Gasteiger partial charge is 0.133 e. The zero-order valence-electron chi connectivity index (χ0n) is 15.3. The number of H-pyrrole nitrogens is 1. The van der Waals surface area contributed by atoms with Gasteiger partial charge in [0, 0.05) is 35.0 Å². The summed E-state index contributed by atoms with van der Waals surface area (Å²) in [4.78, 5) is 3.26. The monoisotopic (exact) mass is 350 g/mol. The Morgan fingerprint density at radius 3 is 2.81 bits per heavy atom. The van der Waals surface area contributed by atoms with Gasteiger partial charge in [-0.05, 0) is 49.4 Å². The summed E-state index contributed by atoms with van der Waals surface area (Å²) >= 11 is 0. The van der Waals surface area contributed by atoms with Gasteiger partial charge in [0.05, 0.1) is 17.2 Å². The summed E-state index contributed by atoms with van der Waals surface area (Å²) in [6.45, 7) is 7.26. The van der Waals surface area contributed by atoms with Crippen molar-refractivity contribution < 1.29 is 9.13 Å². The molecule has 2 aliphatic rings. The zero-order chi connectivity index (χ0) is 18.1. The number of benzene rings is 2. The van der Waals surface area contributed by atoms with Gasteiger partial charge in [-0.1, -0.05) is 25.1 Å². The molecule has 2 N–H and O–H groups in total. The first-order chi connectivity index (χ1) is 12.4. The van der Waals surface area contributed by atoms with Gasteiger partial charge in [0.1, 0.15) is 5.82 Å². The molecule has 2 aromatic carbocycles. The number of rotatable bonds is 1. The molecule has 0 aliphatic carbocycles. The molecule has 0 saturated carbocycles. The molecule has 2 atom stereocenters. The van der Waals surface area contributed by atoms with Gasteiger partial charge < -0.3 is 15.0 Å². The third-order valence-electron chi connectivity index (χ3n) is 6.20. The highest BCUT2D eigenvalue weighted by Gasteiger charge is 2.53. The fourth-order valence-corrected chi connectivity index (χ4v) is 5.06. The molecular weight excluding hydrogens is 327 g/mol. The van der Waals surface area contributed by atoms with Crippen LogP contribution in [0.5, 0.6) is 0 Å². The molecule has 2 unspecified atom stereocenters. The highest BCUT2D eigenvalue weighted by Crippen LogP contribution is 2.51. The minimum atomic E-state index is -0.230. The van der Waals surface area contributed by atoms with E-state index in [9.17, 15) is 0 Å². The van der Waals surface area contributed by atoms with E-state index in [0.29, 0.717) is 5.56 Å². The second-order valence-electron chi connectivity index (χ2n) is 8.39. The second-order valence-corrected chi connectivity index (χ2v) is 8.39. The molecule has 134 valence electrons. The Labute approximate surface area is 152 Å². The van der Waals surface area contributed by atoms with E-state index in [1.807, 2.05) is 36.5 Å². The topological polar surface area (TPSA) is 37.0 Å². The Balaban J connectivity index is 1.76. The number of aromatic amines is 1. The number of anilines is 1. The van der Waals surface area contributed by atoms with E-state index in [1.165, 1.54) is 0 Å². The quantitative estimate of drug-likeness (QED) is 0.631. The van der Waals surface area contributed by atoms with Crippen molar-refractivity contribution in [2.24, 2.45) is 0 Å². The first-order valence-electron chi connectivity index (χ1n) is 9.20. The van der Waals surface area contributed by atoms with Gasteiger partial charge in [0.15, 0.2) is 0 Å². The lowest BCUT2D eigenvalue weighted by Crippen LogP contribution is -2.56. The Morgan fingerprint density at radius 2 is 1.96 bits per heavy atom. The van der Waals surface area contributed by atoms with E-state index in [0.717, 1.165) is 40.7 Å². The van der Waals surface area contributed by atoms with Crippen molar-refractivity contribution in [3.63, 3.8) is 0 Å². The van der Waals surface area contributed by atoms with E-state index in [2.05, 4.69) is 31.1 Å². The largest absolute Gasteiger partial charge is 0.377 e. The van der Waals surface area contributed by atoms with E-state index >= 15 is 4.39 Å². The number of halogens is 1. The van der Waals surface area contributed by atoms with E-state index < -0.39 is 0 Å². The van der Waals surface area contributed by atoms with Crippen molar-refractivity contribution in [2.45, 2.75) is 44.2 Å². The number of hydrogen-bond donors (Lipinski definition) is 2.